The van der Waals surface area contributed by atoms with Gasteiger partial charge in [-0.25, -0.2) is 0 Å². The number of aliphatic hydroxyl groups excluding tert-OH is 1. The number of hydrogen-bond acceptors (Lipinski definition) is 3. The van der Waals surface area contributed by atoms with Crippen molar-refractivity contribution < 1.29 is 14.7 Å². The molecule has 0 radical (unpaired) electrons. The predicted octanol–water partition coefficient (Wildman–Crippen LogP) is 2.42. The Hall–Kier alpha value is -2.34. The summed E-state index contributed by atoms with van der Waals surface area (Å²) in [5.74, 6) is 0.274. The average Bonchev–Trinajstić information content (AvgIpc) is 3.31. The summed E-state index contributed by atoms with van der Waals surface area (Å²) in [5.41, 5.74) is 3.91. The minimum absolute atomic E-state index is 0.0163. The Bertz CT molecular complexity index is 882. The highest BCUT2D eigenvalue weighted by molar-refractivity contribution is 5.88. The Morgan fingerprint density at radius 1 is 1.25 bits per heavy atom. The summed E-state index contributed by atoms with van der Waals surface area (Å²) < 4.78 is 0. The second-order valence-electron chi connectivity index (χ2n) is 8.11. The Morgan fingerprint density at radius 3 is 2.68 bits per heavy atom. The van der Waals surface area contributed by atoms with Crippen molar-refractivity contribution in [2.45, 2.75) is 57.6 Å². The molecule has 2 amide bonds. The van der Waals surface area contributed by atoms with Gasteiger partial charge in [-0.15, -0.1) is 0 Å². The molecule has 6 nitrogen and oxygen atoms in total. The topological polar surface area (TPSA) is 76.6 Å². The summed E-state index contributed by atoms with van der Waals surface area (Å²) >= 11 is 0. The number of aryl methyl sites for hydroxylation is 1. The SMILES string of the molecule is CCc1cccc2c(C3CCN(C(=O)[C@H]4C[C@@H](O)CN4C(C)=O)CC3)c[nH]c12. The third kappa shape index (κ3) is 3.30. The molecule has 0 saturated carbocycles. The van der Waals surface area contributed by atoms with Gasteiger partial charge in [0.1, 0.15) is 6.04 Å². The van der Waals surface area contributed by atoms with Gasteiger partial charge in [-0.3, -0.25) is 9.59 Å². The number of amides is 2. The highest BCUT2D eigenvalue weighted by Gasteiger charge is 2.40. The van der Waals surface area contributed by atoms with Gasteiger partial charge in [-0.05, 0) is 36.3 Å². The molecule has 2 saturated heterocycles. The van der Waals surface area contributed by atoms with Crippen molar-refractivity contribution in [2.24, 2.45) is 0 Å². The summed E-state index contributed by atoms with van der Waals surface area (Å²) in [5, 5.41) is 11.2. The number of hydrogen-bond donors (Lipinski definition) is 2. The number of benzene rings is 1. The van der Waals surface area contributed by atoms with Gasteiger partial charge < -0.3 is 19.9 Å². The molecule has 2 atom stereocenters. The van der Waals surface area contributed by atoms with E-state index in [0.29, 0.717) is 25.4 Å². The first-order chi connectivity index (χ1) is 13.5. The summed E-state index contributed by atoms with van der Waals surface area (Å²) in [4.78, 5) is 31.6. The number of carbonyl (C=O) groups is 2. The van der Waals surface area contributed by atoms with Crippen molar-refractivity contribution in [1.82, 2.24) is 14.8 Å². The normalized spacial score (nSPS) is 23.5. The Kier molecular flexibility index (Phi) is 5.15. The van der Waals surface area contributed by atoms with E-state index in [-0.39, 0.29) is 18.4 Å². The molecule has 0 bridgehead atoms. The molecule has 2 N–H and O–H groups in total. The van der Waals surface area contributed by atoms with Crippen LogP contribution in [0.1, 0.15) is 50.2 Å². The van der Waals surface area contributed by atoms with E-state index in [2.05, 4.69) is 36.3 Å². The van der Waals surface area contributed by atoms with Crippen molar-refractivity contribution in [1.29, 1.82) is 0 Å². The highest BCUT2D eigenvalue weighted by atomic mass is 16.3. The largest absolute Gasteiger partial charge is 0.391 e. The van der Waals surface area contributed by atoms with Crippen LogP contribution in [-0.2, 0) is 16.0 Å². The Labute approximate surface area is 165 Å². The number of aliphatic hydroxyl groups is 1. The molecule has 3 heterocycles. The molecular weight excluding hydrogens is 354 g/mol. The number of nitrogens with zero attached hydrogens (tertiary/aromatic N) is 2. The molecular formula is C22H29N3O3. The lowest BCUT2D eigenvalue weighted by Crippen LogP contribution is -2.49. The first-order valence-electron chi connectivity index (χ1n) is 10.3. The number of piperidine rings is 1. The van der Waals surface area contributed by atoms with Crippen LogP contribution in [0.25, 0.3) is 10.9 Å². The molecule has 6 heteroatoms. The van der Waals surface area contributed by atoms with Crippen LogP contribution < -0.4 is 0 Å². The first kappa shape index (κ1) is 19.0. The van der Waals surface area contributed by atoms with Gasteiger partial charge >= 0.3 is 0 Å². The van der Waals surface area contributed by atoms with E-state index in [1.807, 2.05) is 4.90 Å². The number of rotatable bonds is 3. The second kappa shape index (κ2) is 7.59. The molecule has 28 heavy (non-hydrogen) atoms. The molecule has 0 unspecified atom stereocenters. The van der Waals surface area contributed by atoms with Crippen LogP contribution in [0.5, 0.6) is 0 Å². The number of β-amino-alcohol motifs (C(OH)–C–C–N with tert-alkyl or cyclic N) is 1. The molecule has 1 aromatic heterocycles. The van der Waals surface area contributed by atoms with Gasteiger partial charge in [0.05, 0.1) is 6.10 Å². The summed E-state index contributed by atoms with van der Waals surface area (Å²) in [6.45, 7) is 5.29. The molecule has 4 rings (SSSR count). The minimum atomic E-state index is -0.602. The second-order valence-corrected chi connectivity index (χ2v) is 8.11. The van der Waals surface area contributed by atoms with E-state index >= 15 is 0 Å². The maximum Gasteiger partial charge on any atom is 0.245 e. The van der Waals surface area contributed by atoms with Crippen LogP contribution in [0.4, 0.5) is 0 Å². The monoisotopic (exact) mass is 383 g/mol. The van der Waals surface area contributed by atoms with Crippen molar-refractivity contribution in [3.63, 3.8) is 0 Å². The van der Waals surface area contributed by atoms with Gasteiger partial charge in [0, 0.05) is 50.1 Å². The van der Waals surface area contributed by atoms with Gasteiger partial charge in [0.2, 0.25) is 11.8 Å². The first-order valence-corrected chi connectivity index (χ1v) is 10.3. The number of aromatic amines is 1. The van der Waals surface area contributed by atoms with Crippen LogP contribution >= 0.6 is 0 Å². The van der Waals surface area contributed by atoms with E-state index < -0.39 is 12.1 Å². The molecule has 2 aliphatic rings. The minimum Gasteiger partial charge on any atom is -0.391 e. The van der Waals surface area contributed by atoms with Crippen molar-refractivity contribution in [2.75, 3.05) is 19.6 Å². The van der Waals surface area contributed by atoms with Gasteiger partial charge in [0.15, 0.2) is 0 Å². The fraction of sp³-hybridized carbons (Fsp3) is 0.545. The summed E-state index contributed by atoms with van der Waals surface area (Å²) in [6, 6.07) is 5.96. The lowest BCUT2D eigenvalue weighted by molar-refractivity contribution is -0.143. The van der Waals surface area contributed by atoms with E-state index in [9.17, 15) is 14.7 Å². The molecule has 2 fully saturated rings. The number of para-hydroxylation sites is 1. The van der Waals surface area contributed by atoms with Crippen LogP contribution in [0, 0.1) is 0 Å². The smallest absolute Gasteiger partial charge is 0.245 e. The average molecular weight is 383 g/mol. The molecule has 0 aliphatic carbocycles. The van der Waals surface area contributed by atoms with Crippen LogP contribution in [0.2, 0.25) is 0 Å². The fourth-order valence-electron chi connectivity index (χ4n) is 4.89. The quantitative estimate of drug-likeness (QED) is 0.855. The lowest BCUT2D eigenvalue weighted by Gasteiger charge is -2.35. The van der Waals surface area contributed by atoms with Crippen LogP contribution in [0.3, 0.4) is 0 Å². The van der Waals surface area contributed by atoms with E-state index in [0.717, 1.165) is 19.3 Å². The molecule has 150 valence electrons. The van der Waals surface area contributed by atoms with Gasteiger partial charge in [0.25, 0.3) is 0 Å². The Morgan fingerprint density at radius 2 is 2.00 bits per heavy atom. The maximum atomic E-state index is 13.0. The number of likely N-dealkylation sites (tertiary alicyclic amines) is 2. The zero-order valence-electron chi connectivity index (χ0n) is 16.6. The van der Waals surface area contributed by atoms with Crippen molar-refractivity contribution in [3.05, 3.63) is 35.5 Å². The Balaban J connectivity index is 1.45. The predicted molar refractivity (Wildman–Crippen MR) is 108 cm³/mol. The summed E-state index contributed by atoms with van der Waals surface area (Å²) in [6.07, 6.45) is 4.73. The summed E-state index contributed by atoms with van der Waals surface area (Å²) in [7, 11) is 0. The number of fused-ring (bicyclic) bond motifs is 1. The van der Waals surface area contributed by atoms with Crippen LogP contribution in [0.15, 0.2) is 24.4 Å². The molecule has 2 aliphatic heterocycles. The number of nitrogens with one attached hydrogen (secondary N) is 1. The number of H-pyrrole nitrogens is 1. The maximum absolute atomic E-state index is 13.0. The molecule has 0 spiro atoms. The van der Waals surface area contributed by atoms with Gasteiger partial charge in [-0.2, -0.15) is 0 Å². The zero-order valence-corrected chi connectivity index (χ0v) is 16.6. The number of aromatic nitrogens is 1. The van der Waals surface area contributed by atoms with Crippen LogP contribution in [-0.4, -0.2) is 63.5 Å². The lowest BCUT2D eigenvalue weighted by atomic mass is 9.88. The van der Waals surface area contributed by atoms with Crippen molar-refractivity contribution in [3.8, 4) is 0 Å². The van der Waals surface area contributed by atoms with Crippen molar-refractivity contribution >= 4 is 22.7 Å². The highest BCUT2D eigenvalue weighted by Crippen LogP contribution is 2.35. The van der Waals surface area contributed by atoms with E-state index in [1.165, 1.54) is 33.9 Å². The molecule has 2 aromatic rings. The van der Waals surface area contributed by atoms with E-state index in [1.54, 1.807) is 0 Å². The third-order valence-electron chi connectivity index (χ3n) is 6.43. The standard InChI is InChI=1S/C22H29N3O3/c1-3-15-5-4-6-18-19(12-23-21(15)18)16-7-9-24(10-8-16)22(28)20-11-17(27)13-25(20)14(2)26/h4-6,12,16-17,20,23,27H,3,7-11,13H2,1-2H3/t17-,20-/m1/s1. The number of carbonyl (C=O) groups excluding carboxylic acids is 2. The molecule has 1 aromatic carbocycles. The van der Waals surface area contributed by atoms with Gasteiger partial charge in [-0.1, -0.05) is 25.1 Å². The van der Waals surface area contributed by atoms with E-state index in [4.69, 9.17) is 0 Å². The zero-order chi connectivity index (χ0) is 19.8. The third-order valence-corrected chi connectivity index (χ3v) is 6.43. The fourth-order valence-corrected chi connectivity index (χ4v) is 4.89.